The van der Waals surface area contributed by atoms with Gasteiger partial charge in [-0.3, -0.25) is 14.3 Å². The summed E-state index contributed by atoms with van der Waals surface area (Å²) in [7, 11) is 0. The maximum atomic E-state index is 12.6. The quantitative estimate of drug-likeness (QED) is 0.633. The number of rotatable bonds is 7. The van der Waals surface area contributed by atoms with Gasteiger partial charge in [-0.15, -0.1) is 11.3 Å². The summed E-state index contributed by atoms with van der Waals surface area (Å²) >= 11 is 1.62. The minimum absolute atomic E-state index is 0.422. The molecule has 0 saturated carbocycles. The van der Waals surface area contributed by atoms with Crippen molar-refractivity contribution in [2.24, 2.45) is 0 Å². The molecule has 1 atom stereocenters. The maximum Gasteiger partial charge on any atom is 0.303 e. The Hall–Kier alpha value is -3.00. The number of thiazole rings is 1. The first-order chi connectivity index (χ1) is 13.0. The highest BCUT2D eigenvalue weighted by Crippen LogP contribution is 2.20. The van der Waals surface area contributed by atoms with E-state index in [0.717, 1.165) is 12.1 Å². The van der Waals surface area contributed by atoms with Crippen LogP contribution >= 0.6 is 11.3 Å². The highest BCUT2D eigenvalue weighted by Gasteiger charge is 2.24. The van der Waals surface area contributed by atoms with E-state index in [-0.39, 0.29) is 0 Å². The van der Waals surface area contributed by atoms with Crippen LogP contribution in [0.3, 0.4) is 0 Å². The van der Waals surface area contributed by atoms with Crippen LogP contribution in [0.2, 0.25) is 0 Å². The monoisotopic (exact) mass is 384 g/mol. The molecule has 0 aliphatic heterocycles. The van der Waals surface area contributed by atoms with E-state index in [9.17, 15) is 9.59 Å². The van der Waals surface area contributed by atoms with Crippen molar-refractivity contribution in [2.75, 3.05) is 5.32 Å². The number of anilines is 1. The van der Waals surface area contributed by atoms with Crippen molar-refractivity contribution in [2.45, 2.75) is 32.9 Å². The van der Waals surface area contributed by atoms with E-state index in [1.807, 2.05) is 18.5 Å². The van der Waals surface area contributed by atoms with E-state index in [0.29, 0.717) is 17.8 Å². The van der Waals surface area contributed by atoms with Crippen molar-refractivity contribution < 1.29 is 14.3 Å². The number of nitrogens with one attached hydrogen (secondary N) is 1. The molecule has 1 amide bonds. The highest BCUT2D eigenvalue weighted by molar-refractivity contribution is 7.09. The van der Waals surface area contributed by atoms with Gasteiger partial charge in [-0.1, -0.05) is 30.3 Å². The van der Waals surface area contributed by atoms with Crippen LogP contribution in [-0.4, -0.2) is 26.6 Å². The molecule has 27 heavy (non-hydrogen) atoms. The number of esters is 1. The topological polar surface area (TPSA) is 86.1 Å². The van der Waals surface area contributed by atoms with Crippen molar-refractivity contribution in [3.63, 3.8) is 0 Å². The predicted octanol–water partition coefficient (Wildman–Crippen LogP) is 3.13. The van der Waals surface area contributed by atoms with Crippen LogP contribution in [0, 0.1) is 6.92 Å². The van der Waals surface area contributed by atoms with Crippen molar-refractivity contribution in [3.05, 3.63) is 64.4 Å². The fourth-order valence-corrected chi connectivity index (χ4v) is 3.38. The average molecular weight is 384 g/mol. The maximum absolute atomic E-state index is 12.6. The molecule has 0 aliphatic carbocycles. The van der Waals surface area contributed by atoms with E-state index >= 15 is 0 Å². The van der Waals surface area contributed by atoms with Gasteiger partial charge in [0.2, 0.25) is 6.10 Å². The molecule has 1 unspecified atom stereocenters. The SMILES string of the molecule is CC(=O)OC(C(=O)Nc1cnn(CCc2scnc2C)c1)c1ccccc1. The second-order valence-electron chi connectivity index (χ2n) is 5.99. The molecule has 0 bridgehead atoms. The van der Waals surface area contributed by atoms with Crippen molar-refractivity contribution >= 4 is 28.9 Å². The molecule has 1 N–H and O–H groups in total. The number of aromatic nitrogens is 3. The van der Waals surface area contributed by atoms with E-state index < -0.39 is 18.0 Å². The molecule has 8 heteroatoms. The number of ether oxygens (including phenoxy) is 1. The molecule has 2 aromatic heterocycles. The summed E-state index contributed by atoms with van der Waals surface area (Å²) in [5, 5.41) is 7.03. The number of amides is 1. The van der Waals surface area contributed by atoms with E-state index in [1.165, 1.54) is 11.8 Å². The summed E-state index contributed by atoms with van der Waals surface area (Å²) in [4.78, 5) is 29.5. The third kappa shape index (κ3) is 5.01. The van der Waals surface area contributed by atoms with Crippen LogP contribution in [0.4, 0.5) is 5.69 Å². The smallest absolute Gasteiger partial charge is 0.303 e. The molecule has 1 aromatic carbocycles. The summed E-state index contributed by atoms with van der Waals surface area (Å²) in [5.74, 6) is -0.941. The van der Waals surface area contributed by atoms with Crippen LogP contribution in [0.1, 0.15) is 29.2 Å². The highest BCUT2D eigenvalue weighted by atomic mass is 32.1. The number of aryl methyl sites for hydroxylation is 3. The van der Waals surface area contributed by atoms with Gasteiger partial charge in [-0.2, -0.15) is 5.10 Å². The molecule has 0 radical (unpaired) electrons. The molecule has 0 saturated heterocycles. The molecular formula is C19H20N4O3S. The van der Waals surface area contributed by atoms with Crippen LogP contribution < -0.4 is 5.32 Å². The fourth-order valence-electron chi connectivity index (χ4n) is 2.61. The third-order valence-corrected chi connectivity index (χ3v) is 4.93. The second kappa shape index (κ2) is 8.59. The Bertz CT molecular complexity index is 920. The number of benzene rings is 1. The van der Waals surface area contributed by atoms with Gasteiger partial charge >= 0.3 is 5.97 Å². The number of hydrogen-bond donors (Lipinski definition) is 1. The van der Waals surface area contributed by atoms with Gasteiger partial charge in [-0.05, 0) is 6.92 Å². The van der Waals surface area contributed by atoms with Crippen LogP contribution in [0.15, 0.2) is 48.2 Å². The van der Waals surface area contributed by atoms with Gasteiger partial charge < -0.3 is 10.1 Å². The molecule has 2 heterocycles. The first kappa shape index (κ1) is 18.8. The lowest BCUT2D eigenvalue weighted by Crippen LogP contribution is -2.24. The molecule has 3 aromatic rings. The lowest BCUT2D eigenvalue weighted by atomic mass is 10.1. The Labute approximate surface area is 161 Å². The summed E-state index contributed by atoms with van der Waals surface area (Å²) in [6.45, 7) is 3.95. The van der Waals surface area contributed by atoms with Gasteiger partial charge in [0.15, 0.2) is 0 Å². The zero-order valence-electron chi connectivity index (χ0n) is 15.1. The van der Waals surface area contributed by atoms with Crippen molar-refractivity contribution in [1.82, 2.24) is 14.8 Å². The van der Waals surface area contributed by atoms with Gasteiger partial charge in [0.25, 0.3) is 5.91 Å². The Morgan fingerprint density at radius 3 is 2.74 bits per heavy atom. The van der Waals surface area contributed by atoms with Crippen LogP contribution in [0.25, 0.3) is 0 Å². The molecule has 140 valence electrons. The van der Waals surface area contributed by atoms with E-state index in [2.05, 4.69) is 15.4 Å². The molecule has 0 fully saturated rings. The zero-order valence-corrected chi connectivity index (χ0v) is 15.9. The predicted molar refractivity (Wildman–Crippen MR) is 102 cm³/mol. The summed E-state index contributed by atoms with van der Waals surface area (Å²) in [5.41, 5.74) is 4.03. The Balaban J connectivity index is 1.64. The molecular weight excluding hydrogens is 364 g/mol. The number of hydrogen-bond acceptors (Lipinski definition) is 6. The van der Waals surface area contributed by atoms with Crippen LogP contribution in [0.5, 0.6) is 0 Å². The average Bonchev–Trinajstić information content (AvgIpc) is 3.27. The first-order valence-electron chi connectivity index (χ1n) is 8.47. The van der Waals surface area contributed by atoms with E-state index in [4.69, 9.17) is 4.74 Å². The minimum Gasteiger partial charge on any atom is -0.447 e. The third-order valence-electron chi connectivity index (χ3n) is 3.94. The lowest BCUT2D eigenvalue weighted by molar-refractivity contribution is -0.152. The Morgan fingerprint density at radius 1 is 1.30 bits per heavy atom. The molecule has 0 spiro atoms. The van der Waals surface area contributed by atoms with Crippen molar-refractivity contribution in [3.8, 4) is 0 Å². The first-order valence-corrected chi connectivity index (χ1v) is 9.35. The standard InChI is InChI=1S/C19H20N4O3S/c1-13-17(27-12-20-13)8-9-23-11-16(10-21-23)22-19(25)18(26-14(2)24)15-6-4-3-5-7-15/h3-7,10-12,18H,8-9H2,1-2H3,(H,22,25). The lowest BCUT2D eigenvalue weighted by Gasteiger charge is -2.16. The number of carbonyl (C=O) groups is 2. The normalized spacial score (nSPS) is 11.8. The summed E-state index contributed by atoms with van der Waals surface area (Å²) in [6.07, 6.45) is 3.15. The zero-order chi connectivity index (χ0) is 19.2. The van der Waals surface area contributed by atoms with Crippen LogP contribution in [-0.2, 0) is 27.3 Å². The fraction of sp³-hybridized carbons (Fsp3) is 0.263. The van der Waals surface area contributed by atoms with Crippen molar-refractivity contribution in [1.29, 1.82) is 0 Å². The molecule has 0 aliphatic rings. The largest absolute Gasteiger partial charge is 0.447 e. The number of carbonyl (C=O) groups excluding carboxylic acids is 2. The minimum atomic E-state index is -1.01. The molecule has 3 rings (SSSR count). The molecule has 7 nitrogen and oxygen atoms in total. The van der Waals surface area contributed by atoms with Gasteiger partial charge in [0, 0.05) is 36.5 Å². The van der Waals surface area contributed by atoms with Gasteiger partial charge in [0.05, 0.1) is 23.1 Å². The summed E-state index contributed by atoms with van der Waals surface area (Å²) < 4.78 is 6.97. The Morgan fingerprint density at radius 2 is 2.07 bits per heavy atom. The van der Waals surface area contributed by atoms with Gasteiger partial charge in [0.1, 0.15) is 0 Å². The Kier molecular flexibility index (Phi) is 5.97. The van der Waals surface area contributed by atoms with E-state index in [1.54, 1.807) is 52.7 Å². The second-order valence-corrected chi connectivity index (χ2v) is 6.93. The van der Waals surface area contributed by atoms with Gasteiger partial charge in [-0.25, -0.2) is 4.98 Å². The number of nitrogens with zero attached hydrogens (tertiary/aromatic N) is 3. The summed E-state index contributed by atoms with van der Waals surface area (Å²) in [6, 6.07) is 8.90.